The summed E-state index contributed by atoms with van der Waals surface area (Å²) in [5.74, 6) is -1.14. The lowest BCUT2D eigenvalue weighted by atomic mass is 10.0. The maximum atomic E-state index is 10.7. The van der Waals surface area contributed by atoms with Gasteiger partial charge in [-0.1, -0.05) is 48.0 Å². The molecule has 2 aromatic rings. The third-order valence-corrected chi connectivity index (χ3v) is 2.48. The number of carboxylic acid groups (broad SMARTS) is 1. The topological polar surface area (TPSA) is 40.1 Å². The zero-order chi connectivity index (χ0) is 11.5. The van der Waals surface area contributed by atoms with Crippen molar-refractivity contribution in [2.45, 2.75) is 6.92 Å². The monoisotopic (exact) mass is 211 g/mol. The lowest BCUT2D eigenvalue weighted by Crippen LogP contribution is -2.22. The van der Waals surface area contributed by atoms with Crippen LogP contribution in [-0.2, 0) is 0 Å². The molecule has 0 aromatic heterocycles. The number of carbonyl (C=O) groups is 1. The molecule has 0 heterocycles. The Morgan fingerprint density at radius 3 is 2.31 bits per heavy atom. The Bertz CT molecular complexity index is 513. The second kappa shape index (κ2) is 4.19. The highest BCUT2D eigenvalue weighted by Crippen LogP contribution is 2.20. The summed E-state index contributed by atoms with van der Waals surface area (Å²) in [6, 6.07) is 14.7. The summed E-state index contributed by atoms with van der Waals surface area (Å²) >= 11 is 0. The van der Waals surface area contributed by atoms with Gasteiger partial charge in [0.05, 0.1) is 5.97 Å². The standard InChI is InChI=1S/C14H12O2/c1-10-5-7-11(8-6-10)12-3-2-4-13(9-12)14(15)16/h2-9H,1H3,(H,15,16)/p-1. The lowest BCUT2D eigenvalue weighted by Gasteiger charge is -2.06. The molecule has 0 fully saturated rings. The van der Waals surface area contributed by atoms with Crippen LogP contribution in [0.5, 0.6) is 0 Å². The predicted octanol–water partition coefficient (Wildman–Crippen LogP) is 2.03. The summed E-state index contributed by atoms with van der Waals surface area (Å²) in [5, 5.41) is 10.7. The van der Waals surface area contributed by atoms with Crippen molar-refractivity contribution in [1.82, 2.24) is 0 Å². The van der Waals surface area contributed by atoms with E-state index in [0.29, 0.717) is 0 Å². The minimum Gasteiger partial charge on any atom is -0.545 e. The van der Waals surface area contributed by atoms with Gasteiger partial charge in [0.2, 0.25) is 0 Å². The third kappa shape index (κ3) is 2.11. The maximum absolute atomic E-state index is 10.7. The van der Waals surface area contributed by atoms with E-state index in [9.17, 15) is 9.90 Å². The van der Waals surface area contributed by atoms with Crippen molar-refractivity contribution in [2.24, 2.45) is 0 Å². The van der Waals surface area contributed by atoms with Crippen molar-refractivity contribution in [1.29, 1.82) is 0 Å². The Morgan fingerprint density at radius 2 is 1.69 bits per heavy atom. The number of aromatic carboxylic acids is 1. The van der Waals surface area contributed by atoms with Gasteiger partial charge in [-0.3, -0.25) is 0 Å². The minimum absolute atomic E-state index is 0.207. The second-order valence-electron chi connectivity index (χ2n) is 3.73. The largest absolute Gasteiger partial charge is 0.545 e. The molecule has 0 amide bonds. The molecule has 0 aliphatic carbocycles. The SMILES string of the molecule is Cc1ccc(-c2cccc(C(=O)[O-])c2)cc1. The van der Waals surface area contributed by atoms with E-state index >= 15 is 0 Å². The zero-order valence-electron chi connectivity index (χ0n) is 8.94. The maximum Gasteiger partial charge on any atom is 0.0715 e. The molecule has 0 bridgehead atoms. The van der Waals surface area contributed by atoms with Crippen molar-refractivity contribution in [2.75, 3.05) is 0 Å². The smallest absolute Gasteiger partial charge is 0.0715 e. The van der Waals surface area contributed by atoms with Gasteiger partial charge in [0.1, 0.15) is 0 Å². The van der Waals surface area contributed by atoms with Crippen LogP contribution < -0.4 is 5.11 Å². The normalized spacial score (nSPS) is 10.1. The molecule has 0 saturated carbocycles. The summed E-state index contributed by atoms with van der Waals surface area (Å²) in [7, 11) is 0. The number of hydrogen-bond acceptors (Lipinski definition) is 2. The first kappa shape index (κ1) is 10.4. The first-order valence-corrected chi connectivity index (χ1v) is 5.05. The van der Waals surface area contributed by atoms with E-state index in [4.69, 9.17) is 0 Å². The van der Waals surface area contributed by atoms with E-state index in [1.165, 1.54) is 11.6 Å². The van der Waals surface area contributed by atoms with Crippen LogP contribution >= 0.6 is 0 Å². The van der Waals surface area contributed by atoms with Crippen LogP contribution in [0.3, 0.4) is 0 Å². The van der Waals surface area contributed by atoms with Crippen molar-refractivity contribution in [3.63, 3.8) is 0 Å². The molecule has 0 N–H and O–H groups in total. The lowest BCUT2D eigenvalue weighted by molar-refractivity contribution is -0.255. The molecule has 80 valence electrons. The number of rotatable bonds is 2. The zero-order valence-corrected chi connectivity index (χ0v) is 8.94. The molecular formula is C14H11O2-. The first-order chi connectivity index (χ1) is 7.66. The number of hydrogen-bond donors (Lipinski definition) is 0. The van der Waals surface area contributed by atoms with Gasteiger partial charge in [-0.25, -0.2) is 0 Å². The Morgan fingerprint density at radius 1 is 1.00 bits per heavy atom. The summed E-state index contributed by atoms with van der Waals surface area (Å²) in [4.78, 5) is 10.7. The van der Waals surface area contributed by atoms with Gasteiger partial charge in [-0.15, -0.1) is 0 Å². The van der Waals surface area contributed by atoms with Gasteiger partial charge in [0, 0.05) is 0 Å². The van der Waals surface area contributed by atoms with E-state index in [-0.39, 0.29) is 5.56 Å². The van der Waals surface area contributed by atoms with E-state index in [2.05, 4.69) is 0 Å². The molecule has 2 nitrogen and oxygen atoms in total. The molecule has 0 spiro atoms. The predicted molar refractivity (Wildman–Crippen MR) is 60.9 cm³/mol. The Labute approximate surface area is 94.2 Å². The highest BCUT2D eigenvalue weighted by atomic mass is 16.4. The van der Waals surface area contributed by atoms with Crippen molar-refractivity contribution >= 4 is 5.97 Å². The molecule has 16 heavy (non-hydrogen) atoms. The van der Waals surface area contributed by atoms with Crippen molar-refractivity contribution < 1.29 is 9.90 Å². The average molecular weight is 211 g/mol. The fourth-order valence-corrected chi connectivity index (χ4v) is 1.57. The third-order valence-electron chi connectivity index (χ3n) is 2.48. The molecule has 2 heteroatoms. The molecule has 0 saturated heterocycles. The summed E-state index contributed by atoms with van der Waals surface area (Å²) in [6.07, 6.45) is 0. The quantitative estimate of drug-likeness (QED) is 0.762. The Hall–Kier alpha value is -2.09. The highest BCUT2D eigenvalue weighted by Gasteiger charge is 1.99. The van der Waals surface area contributed by atoms with E-state index in [0.717, 1.165) is 11.1 Å². The second-order valence-corrected chi connectivity index (χ2v) is 3.73. The van der Waals surface area contributed by atoms with Crippen LogP contribution in [0.1, 0.15) is 15.9 Å². The Kier molecular flexibility index (Phi) is 2.73. The molecule has 2 aromatic carbocycles. The fraction of sp³-hybridized carbons (Fsp3) is 0.0714. The molecule has 0 atom stereocenters. The van der Waals surface area contributed by atoms with Crippen LogP contribution in [0.25, 0.3) is 11.1 Å². The summed E-state index contributed by atoms with van der Waals surface area (Å²) in [6.45, 7) is 2.02. The van der Waals surface area contributed by atoms with Crippen LogP contribution in [0.4, 0.5) is 0 Å². The summed E-state index contributed by atoms with van der Waals surface area (Å²) in [5.41, 5.74) is 3.29. The van der Waals surface area contributed by atoms with Crippen LogP contribution in [-0.4, -0.2) is 5.97 Å². The summed E-state index contributed by atoms with van der Waals surface area (Å²) < 4.78 is 0. The highest BCUT2D eigenvalue weighted by molar-refractivity contribution is 5.87. The fourth-order valence-electron chi connectivity index (χ4n) is 1.57. The number of carbonyl (C=O) groups excluding carboxylic acids is 1. The molecule has 0 aliphatic heterocycles. The van der Waals surface area contributed by atoms with Gasteiger partial charge >= 0.3 is 0 Å². The average Bonchev–Trinajstić information content (AvgIpc) is 2.30. The van der Waals surface area contributed by atoms with Gasteiger partial charge < -0.3 is 9.90 Å². The minimum atomic E-state index is -1.14. The van der Waals surface area contributed by atoms with Gasteiger partial charge in [-0.2, -0.15) is 0 Å². The molecule has 2 rings (SSSR count). The first-order valence-electron chi connectivity index (χ1n) is 5.05. The number of carboxylic acids is 1. The van der Waals surface area contributed by atoms with E-state index in [1.54, 1.807) is 12.1 Å². The molecule has 0 aliphatic rings. The number of aryl methyl sites for hydroxylation is 1. The van der Waals surface area contributed by atoms with Gasteiger partial charge in [0.15, 0.2) is 0 Å². The molecule has 0 unspecified atom stereocenters. The number of benzene rings is 2. The van der Waals surface area contributed by atoms with Gasteiger partial charge in [0.25, 0.3) is 0 Å². The van der Waals surface area contributed by atoms with Crippen LogP contribution in [0.15, 0.2) is 48.5 Å². The van der Waals surface area contributed by atoms with Crippen LogP contribution in [0, 0.1) is 6.92 Å². The Balaban J connectivity index is 2.44. The van der Waals surface area contributed by atoms with Crippen LogP contribution in [0.2, 0.25) is 0 Å². The van der Waals surface area contributed by atoms with Crippen molar-refractivity contribution in [3.8, 4) is 11.1 Å². The van der Waals surface area contributed by atoms with E-state index < -0.39 is 5.97 Å². The molecular weight excluding hydrogens is 200 g/mol. The van der Waals surface area contributed by atoms with Gasteiger partial charge in [-0.05, 0) is 29.7 Å². The van der Waals surface area contributed by atoms with Crippen molar-refractivity contribution in [3.05, 3.63) is 59.7 Å². The molecule has 0 radical (unpaired) electrons. The van der Waals surface area contributed by atoms with E-state index in [1.807, 2.05) is 37.3 Å².